The van der Waals surface area contributed by atoms with E-state index < -0.39 is 0 Å². The summed E-state index contributed by atoms with van der Waals surface area (Å²) in [6.45, 7) is 2.04. The van der Waals surface area contributed by atoms with Gasteiger partial charge >= 0.3 is 0 Å². The van der Waals surface area contributed by atoms with Crippen LogP contribution in [-0.2, 0) is 6.54 Å². The average molecular weight is 332 g/mol. The highest BCUT2D eigenvalue weighted by molar-refractivity contribution is 5.45. The van der Waals surface area contributed by atoms with Crippen molar-refractivity contribution < 1.29 is 0 Å². The molecule has 25 heavy (non-hydrogen) atoms. The van der Waals surface area contributed by atoms with Crippen molar-refractivity contribution in [1.29, 1.82) is 0 Å². The number of rotatable bonds is 5. The van der Waals surface area contributed by atoms with Gasteiger partial charge in [0, 0.05) is 25.1 Å². The summed E-state index contributed by atoms with van der Waals surface area (Å²) in [5.41, 5.74) is 2.39. The molecule has 1 aliphatic heterocycles. The number of anilines is 2. The zero-order valence-corrected chi connectivity index (χ0v) is 13.9. The summed E-state index contributed by atoms with van der Waals surface area (Å²) in [5, 5.41) is 3.12. The van der Waals surface area contributed by atoms with Crippen LogP contribution in [0.3, 0.4) is 0 Å². The molecule has 0 unspecified atom stereocenters. The van der Waals surface area contributed by atoms with E-state index in [1.165, 1.54) is 12.0 Å². The largest absolute Gasteiger partial charge is 0.307 e. The minimum Gasteiger partial charge on any atom is -0.307 e. The lowest BCUT2D eigenvalue weighted by Gasteiger charge is -2.24. The van der Waals surface area contributed by atoms with Crippen LogP contribution in [-0.4, -0.2) is 31.4 Å². The van der Waals surface area contributed by atoms with Gasteiger partial charge in [-0.25, -0.2) is 15.0 Å². The predicted octanol–water partition coefficient (Wildman–Crippen LogP) is 3.35. The lowest BCUT2D eigenvalue weighted by Crippen LogP contribution is -2.23. The molecule has 6 heteroatoms. The average Bonchev–Trinajstić information content (AvgIpc) is 3.12. The molecule has 0 spiro atoms. The van der Waals surface area contributed by atoms with Crippen molar-refractivity contribution in [3.05, 3.63) is 72.4 Å². The highest BCUT2D eigenvalue weighted by Gasteiger charge is 2.27. The summed E-state index contributed by atoms with van der Waals surface area (Å²) in [7, 11) is 0. The van der Waals surface area contributed by atoms with Gasteiger partial charge in [0.2, 0.25) is 5.95 Å². The normalized spacial score (nSPS) is 17.5. The third-order valence-corrected chi connectivity index (χ3v) is 4.41. The van der Waals surface area contributed by atoms with Crippen LogP contribution in [0.4, 0.5) is 11.8 Å². The number of likely N-dealkylation sites (tertiary alicyclic amines) is 1. The number of hydrogen-bond donors (Lipinski definition) is 1. The molecule has 2 aromatic heterocycles. The maximum Gasteiger partial charge on any atom is 0.228 e. The maximum atomic E-state index is 4.71. The smallest absolute Gasteiger partial charge is 0.228 e. The fourth-order valence-corrected chi connectivity index (χ4v) is 3.26. The number of nitrogens with zero attached hydrogens (tertiary/aromatic N) is 5. The quantitative estimate of drug-likeness (QED) is 0.773. The first-order chi connectivity index (χ1) is 12.4. The van der Waals surface area contributed by atoms with Gasteiger partial charge in [-0.05, 0) is 31.0 Å². The second-order valence-electron chi connectivity index (χ2n) is 6.13. The molecule has 0 amide bonds. The van der Waals surface area contributed by atoms with Gasteiger partial charge < -0.3 is 5.32 Å². The monoisotopic (exact) mass is 332 g/mol. The van der Waals surface area contributed by atoms with Crippen LogP contribution < -0.4 is 5.32 Å². The van der Waals surface area contributed by atoms with E-state index in [9.17, 15) is 0 Å². The number of benzene rings is 1. The molecular weight excluding hydrogens is 312 g/mol. The van der Waals surface area contributed by atoms with Gasteiger partial charge in [0.1, 0.15) is 0 Å². The molecule has 3 heterocycles. The van der Waals surface area contributed by atoms with Crippen molar-refractivity contribution in [2.45, 2.75) is 25.4 Å². The lowest BCUT2D eigenvalue weighted by atomic mass is 10.1. The molecule has 1 atom stereocenters. The molecule has 3 aromatic rings. The second-order valence-corrected chi connectivity index (χ2v) is 6.13. The van der Waals surface area contributed by atoms with Crippen LogP contribution >= 0.6 is 0 Å². The van der Waals surface area contributed by atoms with Crippen molar-refractivity contribution in [2.24, 2.45) is 0 Å². The van der Waals surface area contributed by atoms with Crippen molar-refractivity contribution in [3.63, 3.8) is 0 Å². The summed E-state index contributed by atoms with van der Waals surface area (Å²) in [6, 6.07) is 12.9. The van der Waals surface area contributed by atoms with Gasteiger partial charge in [0.25, 0.3) is 0 Å². The molecule has 0 bridgehead atoms. The SMILES string of the molecule is c1ccc(CN2CCC[C@@H]2c2ccnc(Nc3cnccn3)n2)cc1. The van der Waals surface area contributed by atoms with Crippen molar-refractivity contribution in [1.82, 2.24) is 24.8 Å². The third-order valence-electron chi connectivity index (χ3n) is 4.41. The molecule has 1 N–H and O–H groups in total. The first-order valence-corrected chi connectivity index (χ1v) is 8.52. The summed E-state index contributed by atoms with van der Waals surface area (Å²) >= 11 is 0. The van der Waals surface area contributed by atoms with Crippen LogP contribution in [0.2, 0.25) is 0 Å². The van der Waals surface area contributed by atoms with Gasteiger partial charge in [0.15, 0.2) is 5.82 Å². The van der Waals surface area contributed by atoms with Gasteiger partial charge in [-0.15, -0.1) is 0 Å². The number of aromatic nitrogens is 4. The van der Waals surface area contributed by atoms with Crippen LogP contribution in [0.5, 0.6) is 0 Å². The summed E-state index contributed by atoms with van der Waals surface area (Å²) in [6.07, 6.45) is 9.06. The lowest BCUT2D eigenvalue weighted by molar-refractivity contribution is 0.244. The maximum absolute atomic E-state index is 4.71. The molecule has 1 aromatic carbocycles. The Labute approximate surface area is 147 Å². The van der Waals surface area contributed by atoms with E-state index in [0.29, 0.717) is 17.8 Å². The molecule has 1 fully saturated rings. The van der Waals surface area contributed by atoms with E-state index in [0.717, 1.165) is 25.2 Å². The third kappa shape index (κ3) is 3.80. The number of nitrogens with one attached hydrogen (secondary N) is 1. The van der Waals surface area contributed by atoms with E-state index >= 15 is 0 Å². The Kier molecular flexibility index (Phi) is 4.61. The topological polar surface area (TPSA) is 66.8 Å². The molecule has 6 nitrogen and oxygen atoms in total. The minimum atomic E-state index is 0.325. The molecular formula is C19H20N6. The molecule has 0 radical (unpaired) electrons. The molecule has 126 valence electrons. The summed E-state index contributed by atoms with van der Waals surface area (Å²) in [4.78, 5) is 19.8. The fraction of sp³-hybridized carbons (Fsp3) is 0.263. The Hall–Kier alpha value is -2.86. The Morgan fingerprint density at radius 1 is 1.04 bits per heavy atom. The van der Waals surface area contributed by atoms with Gasteiger partial charge in [0.05, 0.1) is 17.9 Å². The predicted molar refractivity (Wildman–Crippen MR) is 96.2 cm³/mol. The van der Waals surface area contributed by atoms with Gasteiger partial charge in [-0.3, -0.25) is 9.88 Å². The Bertz CT molecular complexity index is 808. The van der Waals surface area contributed by atoms with Crippen LogP contribution in [0.25, 0.3) is 0 Å². The van der Waals surface area contributed by atoms with Crippen LogP contribution in [0.15, 0.2) is 61.2 Å². The molecule has 0 saturated carbocycles. The molecule has 0 aliphatic carbocycles. The Morgan fingerprint density at radius 3 is 2.80 bits per heavy atom. The van der Waals surface area contributed by atoms with E-state index in [4.69, 9.17) is 4.98 Å². The van der Waals surface area contributed by atoms with Crippen molar-refractivity contribution in [3.8, 4) is 0 Å². The molecule has 4 rings (SSSR count). The highest BCUT2D eigenvalue weighted by atomic mass is 15.2. The van der Waals surface area contributed by atoms with Crippen LogP contribution in [0, 0.1) is 0 Å². The number of hydrogen-bond acceptors (Lipinski definition) is 6. The van der Waals surface area contributed by atoms with E-state index in [-0.39, 0.29) is 0 Å². The van der Waals surface area contributed by atoms with E-state index in [1.807, 2.05) is 6.07 Å². The standard InChI is InChI=1S/C19H20N6/c1-2-5-15(6-3-1)14-25-12-4-7-17(25)16-8-9-22-19(23-16)24-18-13-20-10-11-21-18/h1-3,5-6,8-11,13,17H,4,7,12,14H2,(H,21,22,23,24)/t17-/m1/s1. The Morgan fingerprint density at radius 2 is 1.96 bits per heavy atom. The van der Waals surface area contributed by atoms with Crippen molar-refractivity contribution in [2.75, 3.05) is 11.9 Å². The van der Waals surface area contributed by atoms with Crippen molar-refractivity contribution >= 4 is 11.8 Å². The van der Waals surface area contributed by atoms with Gasteiger partial charge in [-0.2, -0.15) is 0 Å². The second kappa shape index (κ2) is 7.36. The van der Waals surface area contributed by atoms with Gasteiger partial charge in [-0.1, -0.05) is 30.3 Å². The Balaban J connectivity index is 1.51. The highest BCUT2D eigenvalue weighted by Crippen LogP contribution is 2.32. The zero-order chi connectivity index (χ0) is 16.9. The first kappa shape index (κ1) is 15.7. The van der Waals surface area contributed by atoms with E-state index in [2.05, 4.69) is 55.5 Å². The summed E-state index contributed by atoms with van der Waals surface area (Å²) < 4.78 is 0. The summed E-state index contributed by atoms with van der Waals surface area (Å²) in [5.74, 6) is 1.21. The van der Waals surface area contributed by atoms with Crippen LogP contribution in [0.1, 0.15) is 30.1 Å². The molecule has 1 aliphatic rings. The first-order valence-electron chi connectivity index (χ1n) is 8.52. The zero-order valence-electron chi connectivity index (χ0n) is 13.9. The fourth-order valence-electron chi connectivity index (χ4n) is 3.26. The van der Waals surface area contributed by atoms with E-state index in [1.54, 1.807) is 24.8 Å². The minimum absolute atomic E-state index is 0.325. The molecule has 1 saturated heterocycles.